The first-order valence-corrected chi connectivity index (χ1v) is 7.91. The fraction of sp³-hybridized carbons (Fsp3) is 0.235. The van der Waals surface area contributed by atoms with Crippen molar-refractivity contribution < 1.29 is 9.90 Å². The summed E-state index contributed by atoms with van der Waals surface area (Å²) >= 11 is 1.66. The predicted molar refractivity (Wildman–Crippen MR) is 86.2 cm³/mol. The molecule has 0 aromatic heterocycles. The average molecular weight is 301 g/mol. The molecule has 0 saturated carbocycles. The minimum atomic E-state index is -0.333. The van der Waals surface area contributed by atoms with Crippen molar-refractivity contribution in [2.45, 2.75) is 17.4 Å². The van der Waals surface area contributed by atoms with Gasteiger partial charge >= 0.3 is 0 Å². The van der Waals surface area contributed by atoms with Crippen LogP contribution in [0, 0.1) is 0 Å². The van der Waals surface area contributed by atoms with Crippen LogP contribution >= 0.6 is 11.8 Å². The maximum absolute atomic E-state index is 11.9. The Hall–Kier alpha value is -1.78. The van der Waals surface area contributed by atoms with Gasteiger partial charge in [0.25, 0.3) is 0 Å². The van der Waals surface area contributed by atoms with Gasteiger partial charge in [-0.15, -0.1) is 11.8 Å². The van der Waals surface area contributed by atoms with Gasteiger partial charge in [0.05, 0.1) is 12.6 Å². The number of amides is 1. The standard InChI is InChI=1S/C17H19NO2S/c19-13-16(14-7-3-1-4-8-14)18-17(20)11-12-21-15-9-5-2-6-10-15/h1-10,16,19H,11-13H2,(H,18,20)/t16-/m1/s1. The summed E-state index contributed by atoms with van der Waals surface area (Å²) in [4.78, 5) is 13.1. The van der Waals surface area contributed by atoms with Gasteiger partial charge in [-0.1, -0.05) is 48.5 Å². The van der Waals surface area contributed by atoms with Crippen molar-refractivity contribution in [1.82, 2.24) is 5.32 Å². The van der Waals surface area contributed by atoms with Crippen LogP contribution in [0.2, 0.25) is 0 Å². The van der Waals surface area contributed by atoms with E-state index in [1.807, 2.05) is 60.7 Å². The number of carbonyl (C=O) groups excluding carboxylic acids is 1. The number of aliphatic hydroxyl groups is 1. The molecule has 0 heterocycles. The van der Waals surface area contributed by atoms with E-state index in [2.05, 4.69) is 5.32 Å². The highest BCUT2D eigenvalue weighted by molar-refractivity contribution is 7.99. The third kappa shape index (κ3) is 5.25. The van der Waals surface area contributed by atoms with Crippen LogP contribution in [0.25, 0.3) is 0 Å². The number of rotatable bonds is 7. The summed E-state index contributed by atoms with van der Waals surface area (Å²) in [5, 5.41) is 12.3. The van der Waals surface area contributed by atoms with Crippen molar-refractivity contribution in [3.05, 3.63) is 66.2 Å². The molecule has 0 unspecified atom stereocenters. The van der Waals surface area contributed by atoms with Crippen molar-refractivity contribution >= 4 is 17.7 Å². The zero-order valence-corrected chi connectivity index (χ0v) is 12.6. The summed E-state index contributed by atoms with van der Waals surface area (Å²) < 4.78 is 0. The third-order valence-corrected chi connectivity index (χ3v) is 4.07. The lowest BCUT2D eigenvalue weighted by atomic mass is 10.1. The summed E-state index contributed by atoms with van der Waals surface area (Å²) in [5.74, 6) is 0.685. The van der Waals surface area contributed by atoms with Crippen LogP contribution in [0.4, 0.5) is 0 Å². The van der Waals surface area contributed by atoms with E-state index < -0.39 is 0 Å². The van der Waals surface area contributed by atoms with Crippen molar-refractivity contribution in [3.8, 4) is 0 Å². The van der Waals surface area contributed by atoms with Crippen LogP contribution in [0.5, 0.6) is 0 Å². The number of nitrogens with one attached hydrogen (secondary N) is 1. The molecule has 0 aliphatic heterocycles. The first kappa shape index (κ1) is 15.6. The number of aliphatic hydroxyl groups excluding tert-OH is 1. The van der Waals surface area contributed by atoms with Gasteiger partial charge in [0, 0.05) is 17.1 Å². The van der Waals surface area contributed by atoms with Crippen LogP contribution < -0.4 is 5.32 Å². The lowest BCUT2D eigenvalue weighted by Gasteiger charge is -2.16. The Labute approximate surface area is 129 Å². The zero-order chi connectivity index (χ0) is 14.9. The molecule has 0 spiro atoms. The molecular weight excluding hydrogens is 282 g/mol. The number of carbonyl (C=O) groups is 1. The van der Waals surface area contributed by atoms with E-state index in [1.54, 1.807) is 11.8 Å². The molecule has 2 aromatic carbocycles. The zero-order valence-electron chi connectivity index (χ0n) is 11.7. The molecule has 1 atom stereocenters. The van der Waals surface area contributed by atoms with Crippen molar-refractivity contribution in [1.29, 1.82) is 0 Å². The van der Waals surface area contributed by atoms with Gasteiger partial charge in [-0.25, -0.2) is 0 Å². The fourth-order valence-corrected chi connectivity index (χ4v) is 2.84. The summed E-state index contributed by atoms with van der Waals surface area (Å²) in [5.41, 5.74) is 0.920. The molecule has 0 bridgehead atoms. The molecule has 0 saturated heterocycles. The third-order valence-electron chi connectivity index (χ3n) is 3.06. The van der Waals surface area contributed by atoms with Crippen molar-refractivity contribution in [3.63, 3.8) is 0 Å². The highest BCUT2D eigenvalue weighted by Gasteiger charge is 2.12. The highest BCUT2D eigenvalue weighted by Crippen LogP contribution is 2.18. The summed E-state index contributed by atoms with van der Waals surface area (Å²) in [6.45, 7) is -0.0957. The van der Waals surface area contributed by atoms with Crippen LogP contribution in [-0.4, -0.2) is 23.4 Å². The summed E-state index contributed by atoms with van der Waals surface area (Å²) in [6, 6.07) is 19.2. The number of benzene rings is 2. The van der Waals surface area contributed by atoms with E-state index in [0.717, 1.165) is 16.2 Å². The molecule has 2 rings (SSSR count). The van der Waals surface area contributed by atoms with E-state index >= 15 is 0 Å². The van der Waals surface area contributed by atoms with Gasteiger partial charge in [-0.3, -0.25) is 4.79 Å². The van der Waals surface area contributed by atoms with E-state index in [0.29, 0.717) is 6.42 Å². The van der Waals surface area contributed by atoms with E-state index in [1.165, 1.54) is 0 Å². The molecule has 0 aliphatic carbocycles. The first-order valence-electron chi connectivity index (χ1n) is 6.92. The topological polar surface area (TPSA) is 49.3 Å². The smallest absolute Gasteiger partial charge is 0.221 e. The molecule has 3 nitrogen and oxygen atoms in total. The first-order chi connectivity index (χ1) is 10.3. The normalized spacial score (nSPS) is 11.9. The maximum Gasteiger partial charge on any atom is 0.221 e. The van der Waals surface area contributed by atoms with Gasteiger partial charge in [0.2, 0.25) is 5.91 Å². The largest absolute Gasteiger partial charge is 0.394 e. The van der Waals surface area contributed by atoms with Crippen LogP contribution in [-0.2, 0) is 4.79 Å². The molecule has 0 fully saturated rings. The molecule has 1 amide bonds. The lowest BCUT2D eigenvalue weighted by Crippen LogP contribution is -2.30. The fourth-order valence-electron chi connectivity index (χ4n) is 1.96. The SMILES string of the molecule is O=C(CCSc1ccccc1)N[C@H](CO)c1ccccc1. The van der Waals surface area contributed by atoms with Crippen LogP contribution in [0.15, 0.2) is 65.6 Å². The monoisotopic (exact) mass is 301 g/mol. The number of thioether (sulfide) groups is 1. The van der Waals surface area contributed by atoms with Gasteiger partial charge in [0.15, 0.2) is 0 Å². The van der Waals surface area contributed by atoms with Crippen molar-refractivity contribution in [2.75, 3.05) is 12.4 Å². The quantitative estimate of drug-likeness (QED) is 0.773. The number of hydrogen-bond acceptors (Lipinski definition) is 3. The molecule has 2 N–H and O–H groups in total. The Morgan fingerprint density at radius 3 is 2.29 bits per heavy atom. The second-order valence-electron chi connectivity index (χ2n) is 4.62. The Morgan fingerprint density at radius 1 is 1.05 bits per heavy atom. The van der Waals surface area contributed by atoms with Crippen LogP contribution in [0.3, 0.4) is 0 Å². The molecule has 21 heavy (non-hydrogen) atoms. The summed E-state index contributed by atoms with van der Waals surface area (Å²) in [6.07, 6.45) is 0.433. The molecule has 2 aromatic rings. The Balaban J connectivity index is 1.78. The van der Waals surface area contributed by atoms with E-state index in [-0.39, 0.29) is 18.6 Å². The van der Waals surface area contributed by atoms with Gasteiger partial charge < -0.3 is 10.4 Å². The highest BCUT2D eigenvalue weighted by atomic mass is 32.2. The second-order valence-corrected chi connectivity index (χ2v) is 5.79. The van der Waals surface area contributed by atoms with E-state index in [4.69, 9.17) is 0 Å². The molecular formula is C17H19NO2S. The minimum absolute atomic E-state index is 0.0404. The molecule has 0 radical (unpaired) electrons. The van der Waals surface area contributed by atoms with Gasteiger partial charge in [0.1, 0.15) is 0 Å². The lowest BCUT2D eigenvalue weighted by molar-refractivity contribution is -0.121. The number of hydrogen-bond donors (Lipinski definition) is 2. The van der Waals surface area contributed by atoms with Gasteiger partial charge in [-0.05, 0) is 17.7 Å². The molecule has 0 aliphatic rings. The average Bonchev–Trinajstić information content (AvgIpc) is 2.54. The maximum atomic E-state index is 11.9. The Morgan fingerprint density at radius 2 is 1.67 bits per heavy atom. The van der Waals surface area contributed by atoms with Crippen molar-refractivity contribution in [2.24, 2.45) is 0 Å². The van der Waals surface area contributed by atoms with Crippen LogP contribution in [0.1, 0.15) is 18.0 Å². The Kier molecular flexibility index (Phi) is 6.31. The predicted octanol–water partition coefficient (Wildman–Crippen LogP) is 3.02. The Bertz CT molecular complexity index is 545. The van der Waals surface area contributed by atoms with E-state index in [9.17, 15) is 9.90 Å². The van der Waals surface area contributed by atoms with Gasteiger partial charge in [-0.2, -0.15) is 0 Å². The molecule has 110 valence electrons. The summed E-state index contributed by atoms with van der Waals surface area (Å²) in [7, 11) is 0. The second kappa shape index (κ2) is 8.49. The molecule has 4 heteroatoms. The minimum Gasteiger partial charge on any atom is -0.394 e.